The Morgan fingerprint density at radius 1 is 1.19 bits per heavy atom. The van der Waals surface area contributed by atoms with Crippen LogP contribution in [0.1, 0.15) is 16.8 Å². The Bertz CT molecular complexity index is 1000. The topological polar surface area (TPSA) is 61.9 Å². The van der Waals surface area contributed by atoms with Crippen LogP contribution in [0.2, 0.25) is 0 Å². The Morgan fingerprint density at radius 2 is 2.08 bits per heavy atom. The van der Waals surface area contributed by atoms with Crippen molar-refractivity contribution in [3.63, 3.8) is 0 Å². The predicted molar refractivity (Wildman–Crippen MR) is 92.3 cm³/mol. The first-order valence-corrected chi connectivity index (χ1v) is 8.30. The van der Waals surface area contributed by atoms with E-state index in [0.717, 1.165) is 12.1 Å². The normalized spacial score (nSPS) is 14.2. The SMILES string of the molecule is O=c1[nH]c(-c2ccccn2)nc2c1CCN(Cc1cc(F)ccc1F)C2. The summed E-state index contributed by atoms with van der Waals surface area (Å²) < 4.78 is 27.3. The van der Waals surface area contributed by atoms with E-state index in [1.807, 2.05) is 11.0 Å². The first-order chi connectivity index (χ1) is 12.6. The minimum atomic E-state index is -0.467. The second-order valence-corrected chi connectivity index (χ2v) is 6.25. The molecule has 3 heterocycles. The zero-order chi connectivity index (χ0) is 18.1. The first kappa shape index (κ1) is 16.5. The largest absolute Gasteiger partial charge is 0.305 e. The molecular weight excluding hydrogens is 338 g/mol. The van der Waals surface area contributed by atoms with Gasteiger partial charge in [0.15, 0.2) is 5.82 Å². The van der Waals surface area contributed by atoms with Crippen LogP contribution >= 0.6 is 0 Å². The molecule has 0 amide bonds. The number of benzene rings is 1. The van der Waals surface area contributed by atoms with Gasteiger partial charge >= 0.3 is 0 Å². The highest BCUT2D eigenvalue weighted by molar-refractivity contribution is 5.49. The lowest BCUT2D eigenvalue weighted by Gasteiger charge is -2.27. The molecule has 0 saturated carbocycles. The molecule has 1 aliphatic heterocycles. The fourth-order valence-electron chi connectivity index (χ4n) is 3.16. The van der Waals surface area contributed by atoms with Gasteiger partial charge in [0.1, 0.15) is 17.3 Å². The number of hydrogen-bond acceptors (Lipinski definition) is 4. The lowest BCUT2D eigenvalue weighted by molar-refractivity contribution is 0.237. The molecule has 0 atom stereocenters. The van der Waals surface area contributed by atoms with Crippen LogP contribution in [0.25, 0.3) is 11.5 Å². The molecule has 26 heavy (non-hydrogen) atoms. The fraction of sp³-hybridized carbons (Fsp3) is 0.211. The lowest BCUT2D eigenvalue weighted by Crippen LogP contribution is -2.35. The van der Waals surface area contributed by atoms with Gasteiger partial charge in [-0.25, -0.2) is 13.8 Å². The van der Waals surface area contributed by atoms with Crippen LogP contribution < -0.4 is 5.56 Å². The van der Waals surface area contributed by atoms with E-state index in [1.165, 1.54) is 6.07 Å². The Balaban J connectivity index is 1.62. The highest BCUT2D eigenvalue weighted by Gasteiger charge is 2.22. The molecule has 132 valence electrons. The molecule has 1 N–H and O–H groups in total. The summed E-state index contributed by atoms with van der Waals surface area (Å²) in [6.07, 6.45) is 2.14. The fourth-order valence-corrected chi connectivity index (χ4v) is 3.16. The number of nitrogens with zero attached hydrogens (tertiary/aromatic N) is 3. The number of fused-ring (bicyclic) bond motifs is 1. The molecule has 4 rings (SSSR count). The Kier molecular flexibility index (Phi) is 4.30. The van der Waals surface area contributed by atoms with Crippen molar-refractivity contribution in [1.82, 2.24) is 19.9 Å². The summed E-state index contributed by atoms with van der Waals surface area (Å²) >= 11 is 0. The summed E-state index contributed by atoms with van der Waals surface area (Å²) in [7, 11) is 0. The predicted octanol–water partition coefficient (Wildman–Crippen LogP) is 2.67. The zero-order valence-electron chi connectivity index (χ0n) is 13.9. The Morgan fingerprint density at radius 3 is 2.88 bits per heavy atom. The Labute approximate surface area is 148 Å². The third-order valence-corrected chi connectivity index (χ3v) is 4.46. The summed E-state index contributed by atoms with van der Waals surface area (Å²) in [6.45, 7) is 1.24. The van der Waals surface area contributed by atoms with Crippen LogP contribution in [0.15, 0.2) is 47.4 Å². The molecule has 0 saturated heterocycles. The molecular formula is C19H16F2N4O. The van der Waals surface area contributed by atoms with Gasteiger partial charge in [-0.15, -0.1) is 0 Å². The Hall–Kier alpha value is -2.93. The first-order valence-electron chi connectivity index (χ1n) is 8.30. The number of halogens is 2. The number of rotatable bonds is 3. The maximum atomic E-state index is 13.9. The molecule has 0 radical (unpaired) electrons. The van der Waals surface area contributed by atoms with E-state index in [4.69, 9.17) is 0 Å². The molecule has 0 spiro atoms. The van der Waals surface area contributed by atoms with Gasteiger partial charge in [0, 0.05) is 37.0 Å². The second-order valence-electron chi connectivity index (χ2n) is 6.25. The summed E-state index contributed by atoms with van der Waals surface area (Å²) in [4.78, 5) is 25.9. The van der Waals surface area contributed by atoms with Crippen molar-refractivity contribution in [2.24, 2.45) is 0 Å². The van der Waals surface area contributed by atoms with Gasteiger partial charge in [-0.1, -0.05) is 6.07 Å². The monoisotopic (exact) mass is 354 g/mol. The van der Waals surface area contributed by atoms with E-state index in [-0.39, 0.29) is 12.1 Å². The van der Waals surface area contributed by atoms with Crippen molar-refractivity contribution >= 4 is 0 Å². The van der Waals surface area contributed by atoms with Crippen molar-refractivity contribution in [3.8, 4) is 11.5 Å². The van der Waals surface area contributed by atoms with Gasteiger partial charge in [-0.2, -0.15) is 0 Å². The molecule has 2 aromatic heterocycles. The third-order valence-electron chi connectivity index (χ3n) is 4.46. The van der Waals surface area contributed by atoms with E-state index >= 15 is 0 Å². The molecule has 7 heteroatoms. The van der Waals surface area contributed by atoms with Crippen molar-refractivity contribution in [2.75, 3.05) is 6.54 Å². The number of hydrogen-bond donors (Lipinski definition) is 1. The van der Waals surface area contributed by atoms with Crippen molar-refractivity contribution in [3.05, 3.63) is 81.4 Å². The third kappa shape index (κ3) is 3.25. The average molecular weight is 354 g/mol. The van der Waals surface area contributed by atoms with Crippen molar-refractivity contribution in [2.45, 2.75) is 19.5 Å². The van der Waals surface area contributed by atoms with Crippen LogP contribution in [-0.2, 0) is 19.5 Å². The molecule has 0 aliphatic carbocycles. The standard InChI is InChI=1S/C19H16F2N4O/c20-13-4-5-15(21)12(9-13)10-25-8-6-14-17(11-25)23-18(24-19(14)26)16-3-1-2-7-22-16/h1-5,7,9H,6,8,10-11H2,(H,23,24,26). The van der Waals surface area contributed by atoms with Crippen LogP contribution in [0.5, 0.6) is 0 Å². The molecule has 5 nitrogen and oxygen atoms in total. The number of pyridine rings is 1. The van der Waals surface area contributed by atoms with Crippen LogP contribution in [-0.4, -0.2) is 26.4 Å². The summed E-state index contributed by atoms with van der Waals surface area (Å²) in [6, 6.07) is 8.81. The van der Waals surface area contributed by atoms with Crippen LogP contribution in [0.3, 0.4) is 0 Å². The molecule has 3 aromatic rings. The number of H-pyrrole nitrogens is 1. The summed E-state index contributed by atoms with van der Waals surface area (Å²) in [5.41, 5.74) is 1.99. The highest BCUT2D eigenvalue weighted by atomic mass is 19.1. The van der Waals surface area contributed by atoms with Gasteiger partial charge in [0.2, 0.25) is 0 Å². The minimum Gasteiger partial charge on any atom is -0.305 e. The highest BCUT2D eigenvalue weighted by Crippen LogP contribution is 2.20. The lowest BCUT2D eigenvalue weighted by atomic mass is 10.1. The van der Waals surface area contributed by atoms with Gasteiger partial charge in [-0.05, 0) is 36.8 Å². The van der Waals surface area contributed by atoms with E-state index in [0.29, 0.717) is 47.8 Å². The molecule has 1 aliphatic rings. The number of nitrogens with one attached hydrogen (secondary N) is 1. The van der Waals surface area contributed by atoms with E-state index in [2.05, 4.69) is 15.0 Å². The molecule has 0 bridgehead atoms. The summed E-state index contributed by atoms with van der Waals surface area (Å²) in [5.74, 6) is -0.496. The van der Waals surface area contributed by atoms with Gasteiger partial charge < -0.3 is 4.98 Å². The van der Waals surface area contributed by atoms with Gasteiger partial charge in [-0.3, -0.25) is 14.7 Å². The van der Waals surface area contributed by atoms with Crippen LogP contribution in [0.4, 0.5) is 8.78 Å². The smallest absolute Gasteiger partial charge is 0.254 e. The average Bonchev–Trinajstić information content (AvgIpc) is 2.65. The maximum absolute atomic E-state index is 13.9. The van der Waals surface area contributed by atoms with Crippen LogP contribution in [0, 0.1) is 11.6 Å². The zero-order valence-corrected chi connectivity index (χ0v) is 13.9. The van der Waals surface area contributed by atoms with Crippen molar-refractivity contribution in [1.29, 1.82) is 0 Å². The van der Waals surface area contributed by atoms with E-state index < -0.39 is 11.6 Å². The maximum Gasteiger partial charge on any atom is 0.254 e. The summed E-state index contributed by atoms with van der Waals surface area (Å²) in [5, 5.41) is 0. The number of aromatic amines is 1. The molecule has 0 unspecified atom stereocenters. The molecule has 0 fully saturated rings. The van der Waals surface area contributed by atoms with E-state index in [1.54, 1.807) is 18.3 Å². The van der Waals surface area contributed by atoms with Gasteiger partial charge in [0.05, 0.1) is 5.69 Å². The minimum absolute atomic E-state index is 0.174. The number of aromatic nitrogens is 3. The van der Waals surface area contributed by atoms with Gasteiger partial charge in [0.25, 0.3) is 5.56 Å². The quantitative estimate of drug-likeness (QED) is 0.786. The molecule has 1 aromatic carbocycles. The second kappa shape index (κ2) is 6.76. The van der Waals surface area contributed by atoms with Crippen molar-refractivity contribution < 1.29 is 8.78 Å². The van der Waals surface area contributed by atoms with E-state index in [9.17, 15) is 13.6 Å².